The standard InChI is InChI=1S/C15H25O2P.Ni/c1-2-3-4-5-6-7-8-9-14-10-12-15(13-11-14)18(16)17;/h10-13,18H,2-9H2,1H3,(H,16,17);. The molecule has 0 aliphatic heterocycles. The van der Waals surface area contributed by atoms with Crippen molar-refractivity contribution in [3.05, 3.63) is 29.8 Å². The number of hydrogen-bond donors (Lipinski definition) is 1. The summed E-state index contributed by atoms with van der Waals surface area (Å²) in [7, 11) is -2.52. The largest absolute Gasteiger partial charge is 0.343 e. The van der Waals surface area contributed by atoms with Crippen LogP contribution in [0.25, 0.3) is 0 Å². The van der Waals surface area contributed by atoms with Gasteiger partial charge in [0, 0.05) is 21.8 Å². The van der Waals surface area contributed by atoms with Crippen molar-refractivity contribution in [3.8, 4) is 0 Å². The van der Waals surface area contributed by atoms with Gasteiger partial charge in [-0.1, -0.05) is 57.6 Å². The summed E-state index contributed by atoms with van der Waals surface area (Å²) >= 11 is 0. The molecule has 19 heavy (non-hydrogen) atoms. The van der Waals surface area contributed by atoms with Gasteiger partial charge in [0.05, 0.1) is 0 Å². The summed E-state index contributed by atoms with van der Waals surface area (Å²) in [6.07, 6.45) is 10.3. The number of rotatable bonds is 9. The fraction of sp³-hybridized carbons (Fsp3) is 0.600. The Hall–Kier alpha value is -0.0965. The van der Waals surface area contributed by atoms with E-state index in [0.29, 0.717) is 5.30 Å². The van der Waals surface area contributed by atoms with E-state index in [9.17, 15) is 4.57 Å². The molecule has 1 N–H and O–H groups in total. The first kappa shape index (κ1) is 18.9. The molecule has 0 aliphatic carbocycles. The maximum atomic E-state index is 10.9. The van der Waals surface area contributed by atoms with Gasteiger partial charge in [-0.3, -0.25) is 4.57 Å². The molecular formula is C15H25NiO2P. The summed E-state index contributed by atoms with van der Waals surface area (Å²) in [5.74, 6) is 0. The molecule has 1 aromatic carbocycles. The molecule has 0 spiro atoms. The summed E-state index contributed by atoms with van der Waals surface area (Å²) in [6.45, 7) is 2.24. The van der Waals surface area contributed by atoms with Gasteiger partial charge in [0.15, 0.2) is 0 Å². The normalized spacial score (nSPS) is 11.9. The van der Waals surface area contributed by atoms with E-state index < -0.39 is 8.03 Å². The van der Waals surface area contributed by atoms with Gasteiger partial charge in [-0.15, -0.1) is 0 Å². The van der Waals surface area contributed by atoms with Crippen LogP contribution in [0.15, 0.2) is 24.3 Å². The predicted molar refractivity (Wildman–Crippen MR) is 79.0 cm³/mol. The summed E-state index contributed by atoms with van der Waals surface area (Å²) < 4.78 is 10.9. The van der Waals surface area contributed by atoms with Gasteiger partial charge in [-0.25, -0.2) is 0 Å². The summed E-state index contributed by atoms with van der Waals surface area (Å²) in [5.41, 5.74) is 1.27. The van der Waals surface area contributed by atoms with Gasteiger partial charge in [-0.05, 0) is 30.5 Å². The van der Waals surface area contributed by atoms with Crippen molar-refractivity contribution in [3.63, 3.8) is 0 Å². The van der Waals surface area contributed by atoms with Gasteiger partial charge in [0.2, 0.25) is 8.03 Å². The van der Waals surface area contributed by atoms with E-state index in [2.05, 4.69) is 6.92 Å². The first-order chi connectivity index (χ1) is 8.74. The Bertz CT molecular complexity index is 352. The Balaban J connectivity index is 0.00000324. The van der Waals surface area contributed by atoms with Crippen LogP contribution in [0.1, 0.15) is 57.4 Å². The molecule has 0 saturated heterocycles. The minimum Gasteiger partial charge on any atom is -0.343 e. The molecule has 1 rings (SSSR count). The van der Waals surface area contributed by atoms with E-state index >= 15 is 0 Å². The number of hydrogen-bond acceptors (Lipinski definition) is 1. The molecular weight excluding hydrogens is 302 g/mol. The Morgan fingerprint density at radius 2 is 1.47 bits per heavy atom. The zero-order chi connectivity index (χ0) is 13.2. The molecule has 4 heteroatoms. The van der Waals surface area contributed by atoms with Crippen LogP contribution >= 0.6 is 8.03 Å². The molecule has 0 fully saturated rings. The summed E-state index contributed by atoms with van der Waals surface area (Å²) in [4.78, 5) is 8.98. The van der Waals surface area contributed by atoms with Crippen molar-refractivity contribution in [1.29, 1.82) is 0 Å². The summed E-state index contributed by atoms with van der Waals surface area (Å²) in [5, 5.41) is 0.559. The molecule has 0 bridgehead atoms. The van der Waals surface area contributed by atoms with Crippen molar-refractivity contribution in [2.45, 2.75) is 58.3 Å². The Morgan fingerprint density at radius 3 is 2.00 bits per heavy atom. The zero-order valence-corrected chi connectivity index (χ0v) is 13.6. The molecule has 0 saturated carbocycles. The minimum absolute atomic E-state index is 0. The molecule has 0 heterocycles. The second kappa shape index (κ2) is 11.7. The van der Waals surface area contributed by atoms with Crippen LogP contribution in [0.5, 0.6) is 0 Å². The van der Waals surface area contributed by atoms with E-state index in [1.807, 2.05) is 12.1 Å². The molecule has 112 valence electrons. The number of benzene rings is 1. The van der Waals surface area contributed by atoms with Gasteiger partial charge in [0.1, 0.15) is 0 Å². The van der Waals surface area contributed by atoms with Gasteiger partial charge < -0.3 is 4.89 Å². The smallest absolute Gasteiger partial charge is 0.218 e. The molecule has 0 amide bonds. The minimum atomic E-state index is -2.52. The maximum Gasteiger partial charge on any atom is 0.218 e. The third kappa shape index (κ3) is 8.63. The van der Waals surface area contributed by atoms with Crippen molar-refractivity contribution in [2.24, 2.45) is 0 Å². The average molecular weight is 327 g/mol. The van der Waals surface area contributed by atoms with E-state index in [4.69, 9.17) is 4.89 Å². The third-order valence-electron chi connectivity index (χ3n) is 3.27. The van der Waals surface area contributed by atoms with E-state index in [0.717, 1.165) is 6.42 Å². The average Bonchev–Trinajstić information content (AvgIpc) is 2.38. The first-order valence-corrected chi connectivity index (χ1v) is 8.42. The third-order valence-corrected chi connectivity index (χ3v) is 4.10. The van der Waals surface area contributed by atoms with Crippen molar-refractivity contribution in [1.82, 2.24) is 0 Å². The molecule has 0 aromatic heterocycles. The number of aryl methyl sites for hydroxylation is 1. The molecule has 1 unspecified atom stereocenters. The Labute approximate surface area is 127 Å². The van der Waals surface area contributed by atoms with E-state index in [1.165, 1.54) is 50.5 Å². The van der Waals surface area contributed by atoms with E-state index in [-0.39, 0.29) is 16.5 Å². The van der Waals surface area contributed by atoms with Crippen LogP contribution in [-0.4, -0.2) is 4.89 Å². The fourth-order valence-corrected chi connectivity index (χ4v) is 2.55. The Kier molecular flexibility index (Phi) is 11.6. The second-order valence-electron chi connectivity index (χ2n) is 4.87. The quantitative estimate of drug-likeness (QED) is 0.422. The van der Waals surface area contributed by atoms with Crippen molar-refractivity contribution < 1.29 is 25.9 Å². The van der Waals surface area contributed by atoms with Gasteiger partial charge in [0.25, 0.3) is 0 Å². The van der Waals surface area contributed by atoms with Crippen LogP contribution in [0.4, 0.5) is 0 Å². The molecule has 0 radical (unpaired) electrons. The van der Waals surface area contributed by atoms with Crippen LogP contribution in [0.2, 0.25) is 0 Å². The van der Waals surface area contributed by atoms with Gasteiger partial charge in [-0.2, -0.15) is 0 Å². The monoisotopic (exact) mass is 326 g/mol. The Morgan fingerprint density at radius 1 is 0.947 bits per heavy atom. The maximum absolute atomic E-state index is 10.9. The van der Waals surface area contributed by atoms with Crippen molar-refractivity contribution >= 4 is 13.3 Å². The van der Waals surface area contributed by atoms with Crippen LogP contribution in [0.3, 0.4) is 0 Å². The van der Waals surface area contributed by atoms with E-state index in [1.54, 1.807) is 12.1 Å². The van der Waals surface area contributed by atoms with Gasteiger partial charge >= 0.3 is 0 Å². The second-order valence-corrected chi connectivity index (χ2v) is 6.06. The molecule has 2 nitrogen and oxygen atoms in total. The van der Waals surface area contributed by atoms with Crippen LogP contribution in [-0.2, 0) is 27.5 Å². The van der Waals surface area contributed by atoms with Crippen LogP contribution in [0, 0.1) is 0 Å². The van der Waals surface area contributed by atoms with Crippen LogP contribution < -0.4 is 5.30 Å². The SMILES string of the molecule is CCCCCCCCCc1ccc([PH](=O)O)cc1.[Ni]. The summed E-state index contributed by atoms with van der Waals surface area (Å²) in [6, 6.07) is 7.51. The number of unbranched alkanes of at least 4 members (excludes halogenated alkanes) is 6. The fourth-order valence-electron chi connectivity index (χ4n) is 2.10. The topological polar surface area (TPSA) is 37.3 Å². The molecule has 1 aromatic rings. The van der Waals surface area contributed by atoms with Crippen molar-refractivity contribution in [2.75, 3.05) is 0 Å². The first-order valence-electron chi connectivity index (χ1n) is 7.06. The molecule has 0 aliphatic rings. The zero-order valence-electron chi connectivity index (χ0n) is 11.6. The predicted octanol–water partition coefficient (Wildman–Crippen LogP) is 4.07. The molecule has 1 atom stereocenters.